The molecule has 1 heterocycles. The fraction of sp³-hybridized carbons (Fsp3) is 0.350. The van der Waals surface area contributed by atoms with Crippen LogP contribution in [-0.4, -0.2) is 35.2 Å². The number of nitrogens with zero attached hydrogens (tertiary/aromatic N) is 1. The summed E-state index contributed by atoms with van der Waals surface area (Å²) in [7, 11) is 0. The zero-order chi connectivity index (χ0) is 19.6. The number of morpholine rings is 1. The summed E-state index contributed by atoms with van der Waals surface area (Å²) in [5, 5.41) is 8.97. The van der Waals surface area contributed by atoms with Crippen LogP contribution in [0, 0.1) is 0 Å². The Kier molecular flexibility index (Phi) is 5.53. The van der Waals surface area contributed by atoms with Gasteiger partial charge in [0.25, 0.3) is 0 Å². The fourth-order valence-electron chi connectivity index (χ4n) is 3.28. The molecule has 1 saturated heterocycles. The molecule has 1 N–H and O–H groups in total. The minimum atomic E-state index is -4.39. The molecule has 0 saturated carbocycles. The van der Waals surface area contributed by atoms with E-state index in [0.29, 0.717) is 25.2 Å². The Hall–Kier alpha value is -2.38. The molecule has 4 nitrogen and oxygen atoms in total. The highest BCUT2D eigenvalue weighted by atomic mass is 19.4. The van der Waals surface area contributed by atoms with E-state index < -0.39 is 23.8 Å². The zero-order valence-electron chi connectivity index (χ0n) is 14.7. The van der Waals surface area contributed by atoms with Gasteiger partial charge in [0, 0.05) is 19.6 Å². The molecule has 2 atom stereocenters. The number of carboxylic acids is 1. The van der Waals surface area contributed by atoms with E-state index in [1.54, 1.807) is 30.3 Å². The van der Waals surface area contributed by atoms with Gasteiger partial charge in [-0.05, 0) is 42.3 Å². The van der Waals surface area contributed by atoms with E-state index in [-0.39, 0.29) is 11.7 Å². The maximum absolute atomic E-state index is 13.0. The van der Waals surface area contributed by atoms with E-state index in [9.17, 15) is 18.0 Å². The molecule has 2 unspecified atom stereocenters. The van der Waals surface area contributed by atoms with Crippen molar-refractivity contribution in [3.8, 4) is 0 Å². The lowest BCUT2D eigenvalue weighted by Crippen LogP contribution is -2.42. The van der Waals surface area contributed by atoms with Gasteiger partial charge in [0.2, 0.25) is 0 Å². The molecule has 2 aromatic carbocycles. The maximum Gasteiger partial charge on any atom is 0.416 e. The van der Waals surface area contributed by atoms with Gasteiger partial charge >= 0.3 is 12.1 Å². The van der Waals surface area contributed by atoms with Crippen molar-refractivity contribution in [1.82, 2.24) is 4.90 Å². The third-order valence-electron chi connectivity index (χ3n) is 4.53. The number of carbonyl (C=O) groups is 1. The number of benzene rings is 2. The molecule has 0 amide bonds. The monoisotopic (exact) mass is 379 g/mol. The van der Waals surface area contributed by atoms with Crippen LogP contribution < -0.4 is 0 Å². The summed E-state index contributed by atoms with van der Waals surface area (Å²) in [6.07, 6.45) is -4.96. The maximum atomic E-state index is 13.0. The van der Waals surface area contributed by atoms with Crippen molar-refractivity contribution in [1.29, 1.82) is 0 Å². The minimum absolute atomic E-state index is 0.128. The molecule has 1 aliphatic heterocycles. The lowest BCUT2D eigenvalue weighted by atomic mass is 10.0. The van der Waals surface area contributed by atoms with Crippen LogP contribution in [0.25, 0.3) is 0 Å². The first-order valence-electron chi connectivity index (χ1n) is 8.59. The van der Waals surface area contributed by atoms with E-state index >= 15 is 0 Å². The van der Waals surface area contributed by atoms with E-state index in [4.69, 9.17) is 9.84 Å². The number of rotatable bonds is 4. The van der Waals surface area contributed by atoms with Gasteiger partial charge < -0.3 is 9.84 Å². The van der Waals surface area contributed by atoms with Gasteiger partial charge in [0.15, 0.2) is 0 Å². The predicted molar refractivity (Wildman–Crippen MR) is 93.4 cm³/mol. The Bertz CT molecular complexity index is 805. The summed E-state index contributed by atoms with van der Waals surface area (Å²) < 4.78 is 44.8. The van der Waals surface area contributed by atoms with E-state index in [1.807, 2.05) is 6.92 Å². The molecular weight excluding hydrogens is 359 g/mol. The Balaban J connectivity index is 1.73. The average molecular weight is 379 g/mol. The van der Waals surface area contributed by atoms with Crippen molar-refractivity contribution in [2.45, 2.75) is 31.9 Å². The van der Waals surface area contributed by atoms with Gasteiger partial charge in [-0.15, -0.1) is 0 Å². The quantitative estimate of drug-likeness (QED) is 0.857. The van der Waals surface area contributed by atoms with Crippen molar-refractivity contribution >= 4 is 5.97 Å². The Morgan fingerprint density at radius 1 is 1.19 bits per heavy atom. The van der Waals surface area contributed by atoms with E-state index in [0.717, 1.165) is 17.7 Å². The molecule has 27 heavy (non-hydrogen) atoms. The lowest BCUT2D eigenvalue weighted by Gasteiger charge is -2.37. The van der Waals surface area contributed by atoms with Gasteiger partial charge in [0.05, 0.1) is 23.3 Å². The third kappa shape index (κ3) is 4.87. The summed E-state index contributed by atoms with van der Waals surface area (Å²) in [6.45, 7) is 3.58. The first-order chi connectivity index (χ1) is 12.7. The topological polar surface area (TPSA) is 49.8 Å². The SMILES string of the molecule is CC1CN(Cc2ccc(C(=O)O)cc2)CC(c2cccc(C(F)(F)F)c2)O1. The molecule has 1 fully saturated rings. The van der Waals surface area contributed by atoms with Crippen LogP contribution in [0.4, 0.5) is 13.2 Å². The van der Waals surface area contributed by atoms with Crippen LogP contribution in [0.5, 0.6) is 0 Å². The van der Waals surface area contributed by atoms with Gasteiger partial charge in [-0.1, -0.05) is 24.3 Å². The zero-order valence-corrected chi connectivity index (χ0v) is 14.7. The summed E-state index contributed by atoms with van der Waals surface area (Å²) in [5.74, 6) is -0.980. The number of ether oxygens (including phenoxy) is 1. The van der Waals surface area contributed by atoms with Crippen molar-refractivity contribution < 1.29 is 27.8 Å². The van der Waals surface area contributed by atoms with Crippen molar-refractivity contribution in [2.75, 3.05) is 13.1 Å². The molecule has 0 aliphatic carbocycles. The Morgan fingerprint density at radius 3 is 2.52 bits per heavy atom. The van der Waals surface area contributed by atoms with Gasteiger partial charge in [-0.2, -0.15) is 13.2 Å². The molecule has 0 bridgehead atoms. The molecule has 1 aliphatic rings. The molecule has 144 valence electrons. The predicted octanol–water partition coefficient (Wildman–Crippen LogP) is 4.37. The molecule has 0 radical (unpaired) electrons. The van der Waals surface area contributed by atoms with Gasteiger partial charge in [-0.25, -0.2) is 4.79 Å². The lowest BCUT2D eigenvalue weighted by molar-refractivity contribution is -0.137. The summed E-state index contributed by atoms with van der Waals surface area (Å²) in [5.41, 5.74) is 0.980. The Labute approximate surface area is 155 Å². The number of aromatic carboxylic acids is 1. The molecular formula is C20H20F3NO3. The molecule has 0 spiro atoms. The van der Waals surface area contributed by atoms with Crippen LogP contribution in [0.15, 0.2) is 48.5 Å². The first-order valence-corrected chi connectivity index (χ1v) is 8.59. The van der Waals surface area contributed by atoms with Crippen LogP contribution in [0.1, 0.15) is 40.1 Å². The molecule has 2 aromatic rings. The van der Waals surface area contributed by atoms with Gasteiger partial charge in [0.1, 0.15) is 0 Å². The average Bonchev–Trinajstić information content (AvgIpc) is 2.61. The molecule has 7 heteroatoms. The minimum Gasteiger partial charge on any atom is -0.478 e. The van der Waals surface area contributed by atoms with Gasteiger partial charge in [-0.3, -0.25) is 4.90 Å². The largest absolute Gasteiger partial charge is 0.478 e. The summed E-state index contributed by atoms with van der Waals surface area (Å²) >= 11 is 0. The number of carboxylic acid groups (broad SMARTS) is 1. The summed E-state index contributed by atoms with van der Waals surface area (Å²) in [6, 6.07) is 11.8. The standard InChI is InChI=1S/C20H20F3NO3/c1-13-10-24(11-14-5-7-15(8-6-14)19(25)26)12-18(27-13)16-3-2-4-17(9-16)20(21,22)23/h2-9,13,18H,10-12H2,1H3,(H,25,26). The van der Waals surface area contributed by atoms with Crippen molar-refractivity contribution in [2.24, 2.45) is 0 Å². The normalized spacial score (nSPS) is 21.2. The second-order valence-corrected chi connectivity index (χ2v) is 6.75. The molecule has 0 aromatic heterocycles. The molecule has 3 rings (SSSR count). The Morgan fingerprint density at radius 2 is 1.89 bits per heavy atom. The van der Waals surface area contributed by atoms with Crippen LogP contribution in [0.3, 0.4) is 0 Å². The van der Waals surface area contributed by atoms with E-state index in [2.05, 4.69) is 4.90 Å². The number of halogens is 3. The van der Waals surface area contributed by atoms with Crippen molar-refractivity contribution in [3.63, 3.8) is 0 Å². The van der Waals surface area contributed by atoms with Crippen molar-refractivity contribution in [3.05, 3.63) is 70.8 Å². The van der Waals surface area contributed by atoms with Crippen LogP contribution in [-0.2, 0) is 17.5 Å². The second kappa shape index (κ2) is 7.70. The highest BCUT2D eigenvalue weighted by Gasteiger charge is 2.32. The van der Waals surface area contributed by atoms with Crippen LogP contribution in [0.2, 0.25) is 0 Å². The second-order valence-electron chi connectivity index (χ2n) is 6.75. The smallest absolute Gasteiger partial charge is 0.416 e. The third-order valence-corrected chi connectivity index (χ3v) is 4.53. The fourth-order valence-corrected chi connectivity index (χ4v) is 3.28. The number of alkyl halides is 3. The summed E-state index contributed by atoms with van der Waals surface area (Å²) in [4.78, 5) is 13.0. The number of hydrogen-bond acceptors (Lipinski definition) is 3. The highest BCUT2D eigenvalue weighted by Crippen LogP contribution is 2.33. The van der Waals surface area contributed by atoms with E-state index in [1.165, 1.54) is 6.07 Å². The first kappa shape index (κ1) is 19.4. The van der Waals surface area contributed by atoms with Crippen LogP contribution >= 0.6 is 0 Å². The number of hydrogen-bond donors (Lipinski definition) is 1. The highest BCUT2D eigenvalue weighted by molar-refractivity contribution is 5.87.